The molecule has 2 heterocycles. The third-order valence-electron chi connectivity index (χ3n) is 5.23. The highest BCUT2D eigenvalue weighted by Gasteiger charge is 2.28. The number of halogens is 3. The SMILES string of the molecule is Cl.Cl.Cl.N/N=C/c1ccc(N2CCN(C3CCN(CC(=O)O)CC3)CC2)cc1. The van der Waals surface area contributed by atoms with Crippen molar-refractivity contribution in [3.05, 3.63) is 29.8 Å². The predicted octanol–water partition coefficient (Wildman–Crippen LogP) is 1.92. The fourth-order valence-electron chi connectivity index (χ4n) is 3.84. The van der Waals surface area contributed by atoms with Gasteiger partial charge in [0.2, 0.25) is 0 Å². The van der Waals surface area contributed by atoms with Gasteiger partial charge in [0.25, 0.3) is 0 Å². The first-order chi connectivity index (χ1) is 12.2. The van der Waals surface area contributed by atoms with Gasteiger partial charge in [-0.25, -0.2) is 0 Å². The maximum Gasteiger partial charge on any atom is 0.317 e. The second kappa shape index (κ2) is 13.1. The van der Waals surface area contributed by atoms with Gasteiger partial charge >= 0.3 is 5.97 Å². The second-order valence-electron chi connectivity index (χ2n) is 6.79. The number of rotatable bonds is 5. The van der Waals surface area contributed by atoms with Crippen LogP contribution in [0.5, 0.6) is 0 Å². The Morgan fingerprint density at radius 2 is 1.61 bits per heavy atom. The summed E-state index contributed by atoms with van der Waals surface area (Å²) >= 11 is 0. The van der Waals surface area contributed by atoms with Crippen molar-refractivity contribution in [1.82, 2.24) is 9.80 Å². The fourth-order valence-corrected chi connectivity index (χ4v) is 3.84. The van der Waals surface area contributed by atoms with Gasteiger partial charge in [0.1, 0.15) is 0 Å². The smallest absolute Gasteiger partial charge is 0.317 e. The van der Waals surface area contributed by atoms with E-state index in [1.54, 1.807) is 6.21 Å². The topological polar surface area (TPSA) is 85.4 Å². The zero-order valence-corrected chi connectivity index (χ0v) is 18.2. The van der Waals surface area contributed by atoms with E-state index < -0.39 is 5.97 Å². The molecule has 10 heteroatoms. The summed E-state index contributed by atoms with van der Waals surface area (Å²) in [6.45, 7) is 6.14. The highest BCUT2D eigenvalue weighted by atomic mass is 35.5. The van der Waals surface area contributed by atoms with Crippen LogP contribution in [0.25, 0.3) is 0 Å². The summed E-state index contributed by atoms with van der Waals surface area (Å²) in [5, 5.41) is 12.4. The first kappa shape index (κ1) is 26.8. The second-order valence-corrected chi connectivity index (χ2v) is 6.79. The van der Waals surface area contributed by atoms with Gasteiger partial charge in [-0.2, -0.15) is 5.10 Å². The van der Waals surface area contributed by atoms with Gasteiger partial charge in [-0.3, -0.25) is 14.6 Å². The number of hydrogen-bond donors (Lipinski definition) is 2. The Balaban J connectivity index is 0.00000243. The van der Waals surface area contributed by atoms with Crippen molar-refractivity contribution in [1.29, 1.82) is 0 Å². The number of hydrogen-bond acceptors (Lipinski definition) is 6. The number of aliphatic carboxylic acids is 1. The molecular formula is C18H30Cl3N5O2. The van der Waals surface area contributed by atoms with Gasteiger partial charge in [0, 0.05) is 51.0 Å². The van der Waals surface area contributed by atoms with Gasteiger partial charge in [-0.1, -0.05) is 12.1 Å². The van der Waals surface area contributed by atoms with Gasteiger partial charge in [-0.05, 0) is 30.5 Å². The van der Waals surface area contributed by atoms with Crippen LogP contribution in [-0.2, 0) is 4.79 Å². The number of carbonyl (C=O) groups is 1. The van der Waals surface area contributed by atoms with Crippen molar-refractivity contribution < 1.29 is 9.90 Å². The van der Waals surface area contributed by atoms with Gasteiger partial charge in [0.15, 0.2) is 0 Å². The van der Waals surface area contributed by atoms with Crippen LogP contribution < -0.4 is 10.7 Å². The zero-order valence-electron chi connectivity index (χ0n) is 15.8. The van der Waals surface area contributed by atoms with E-state index in [2.05, 4.69) is 27.0 Å². The number of hydrazone groups is 1. The summed E-state index contributed by atoms with van der Waals surface area (Å²) in [4.78, 5) is 17.8. The number of carboxylic acids is 1. The average Bonchev–Trinajstić information content (AvgIpc) is 2.63. The number of benzene rings is 1. The molecule has 0 atom stereocenters. The van der Waals surface area contributed by atoms with Gasteiger partial charge in [-0.15, -0.1) is 37.2 Å². The molecule has 2 fully saturated rings. The number of piperidine rings is 1. The molecule has 0 unspecified atom stereocenters. The van der Waals surface area contributed by atoms with E-state index in [1.807, 2.05) is 17.0 Å². The molecule has 3 N–H and O–H groups in total. The number of nitrogens with two attached hydrogens (primary N) is 1. The minimum atomic E-state index is -0.726. The Hall–Kier alpha value is -1.25. The van der Waals surface area contributed by atoms with Crippen LogP contribution in [0, 0.1) is 0 Å². The number of anilines is 1. The Morgan fingerprint density at radius 1 is 1.04 bits per heavy atom. The molecule has 2 saturated heterocycles. The van der Waals surface area contributed by atoms with Crippen molar-refractivity contribution in [2.45, 2.75) is 18.9 Å². The molecule has 3 rings (SSSR count). The molecule has 0 aliphatic carbocycles. The summed E-state index contributed by atoms with van der Waals surface area (Å²) in [7, 11) is 0. The van der Waals surface area contributed by atoms with Crippen LogP contribution in [0.15, 0.2) is 29.4 Å². The Morgan fingerprint density at radius 3 is 2.11 bits per heavy atom. The molecule has 0 saturated carbocycles. The van der Waals surface area contributed by atoms with Gasteiger partial charge in [0.05, 0.1) is 12.8 Å². The van der Waals surface area contributed by atoms with Crippen molar-refractivity contribution in [3.63, 3.8) is 0 Å². The number of nitrogens with zero attached hydrogens (tertiary/aromatic N) is 4. The molecule has 0 aromatic heterocycles. The third-order valence-corrected chi connectivity index (χ3v) is 5.23. The zero-order chi connectivity index (χ0) is 17.6. The van der Waals surface area contributed by atoms with E-state index in [9.17, 15) is 4.79 Å². The molecule has 28 heavy (non-hydrogen) atoms. The van der Waals surface area contributed by atoms with Gasteiger partial charge < -0.3 is 15.8 Å². The molecule has 2 aliphatic heterocycles. The van der Waals surface area contributed by atoms with Crippen LogP contribution in [-0.4, -0.2) is 78.9 Å². The normalized spacial score (nSPS) is 18.8. The summed E-state index contributed by atoms with van der Waals surface area (Å²) in [6, 6.07) is 8.91. The van der Waals surface area contributed by atoms with E-state index in [4.69, 9.17) is 10.9 Å². The minimum absolute atomic E-state index is 0. The van der Waals surface area contributed by atoms with E-state index in [0.717, 1.165) is 57.7 Å². The van der Waals surface area contributed by atoms with E-state index in [1.165, 1.54) is 5.69 Å². The molecule has 7 nitrogen and oxygen atoms in total. The van der Waals surface area contributed by atoms with Crippen LogP contribution in [0.3, 0.4) is 0 Å². The van der Waals surface area contributed by atoms with Crippen LogP contribution in [0.1, 0.15) is 18.4 Å². The number of piperazine rings is 1. The molecular weight excluding hydrogens is 425 g/mol. The molecule has 0 radical (unpaired) electrons. The van der Waals surface area contributed by atoms with Crippen LogP contribution in [0.4, 0.5) is 5.69 Å². The summed E-state index contributed by atoms with van der Waals surface area (Å²) < 4.78 is 0. The van der Waals surface area contributed by atoms with E-state index in [0.29, 0.717) is 6.04 Å². The maximum absolute atomic E-state index is 10.8. The van der Waals surface area contributed by atoms with E-state index >= 15 is 0 Å². The van der Waals surface area contributed by atoms with Crippen LogP contribution in [0.2, 0.25) is 0 Å². The fraction of sp³-hybridized carbons (Fsp3) is 0.556. The standard InChI is InChI=1S/C18H27N5O2.3ClH/c19-20-13-15-1-3-16(4-2-15)22-9-11-23(12-10-22)17-5-7-21(8-6-17)14-18(24)25;;;/h1-4,13,17H,5-12,14,19H2,(H,24,25);3*1H/b20-13+;;;. The predicted molar refractivity (Wildman–Crippen MR) is 121 cm³/mol. The molecule has 160 valence electrons. The lowest BCUT2D eigenvalue weighted by Crippen LogP contribution is -2.53. The first-order valence-corrected chi connectivity index (χ1v) is 8.92. The first-order valence-electron chi connectivity index (χ1n) is 8.92. The molecule has 1 aromatic carbocycles. The molecule has 0 spiro atoms. The molecule has 2 aliphatic rings. The minimum Gasteiger partial charge on any atom is -0.480 e. The lowest BCUT2D eigenvalue weighted by Gasteiger charge is -2.43. The highest BCUT2D eigenvalue weighted by molar-refractivity contribution is 5.86. The molecule has 1 aromatic rings. The lowest BCUT2D eigenvalue weighted by atomic mass is 10.0. The van der Waals surface area contributed by atoms with Crippen molar-refractivity contribution in [2.24, 2.45) is 10.9 Å². The summed E-state index contributed by atoms with van der Waals surface area (Å²) in [5.74, 6) is 4.46. The van der Waals surface area contributed by atoms with Crippen LogP contribution >= 0.6 is 37.2 Å². The van der Waals surface area contributed by atoms with Crippen molar-refractivity contribution >= 4 is 55.1 Å². The van der Waals surface area contributed by atoms with E-state index in [-0.39, 0.29) is 43.8 Å². The lowest BCUT2D eigenvalue weighted by molar-refractivity contribution is -0.138. The number of carboxylic acid groups (broad SMARTS) is 1. The quantitative estimate of drug-likeness (QED) is 0.402. The maximum atomic E-state index is 10.8. The largest absolute Gasteiger partial charge is 0.480 e. The summed E-state index contributed by atoms with van der Waals surface area (Å²) in [6.07, 6.45) is 3.79. The highest BCUT2D eigenvalue weighted by Crippen LogP contribution is 2.21. The molecule has 0 bridgehead atoms. The Labute approximate surface area is 185 Å². The third kappa shape index (κ3) is 7.29. The summed E-state index contributed by atoms with van der Waals surface area (Å²) in [5.41, 5.74) is 2.25. The van der Waals surface area contributed by atoms with Crippen molar-refractivity contribution in [3.8, 4) is 0 Å². The monoisotopic (exact) mass is 453 g/mol. The number of likely N-dealkylation sites (tertiary alicyclic amines) is 1. The Bertz CT molecular complexity index is 602. The average molecular weight is 455 g/mol. The molecule has 0 amide bonds. The Kier molecular flexibility index (Phi) is 12.5. The van der Waals surface area contributed by atoms with Crippen molar-refractivity contribution in [2.75, 3.05) is 50.7 Å².